The molecule has 2 atom stereocenters. The zero-order valence-electron chi connectivity index (χ0n) is 22.9. The second-order valence-corrected chi connectivity index (χ2v) is 15.6. The molecule has 222 valence electrons. The highest BCUT2D eigenvalue weighted by molar-refractivity contribution is 8.03. The lowest BCUT2D eigenvalue weighted by Crippen LogP contribution is -2.62. The van der Waals surface area contributed by atoms with Crippen molar-refractivity contribution in [2.24, 2.45) is 0 Å². The minimum Gasteiger partial charge on any atom is -0.378 e. The van der Waals surface area contributed by atoms with Gasteiger partial charge in [-0.3, -0.25) is 10.2 Å². The Morgan fingerprint density at radius 2 is 1.90 bits per heavy atom. The Morgan fingerprint density at radius 3 is 2.68 bits per heavy atom. The standard InChI is InChI=1S/C26H33ClN6O5S3/c1-17-29(2)21-5-6-33(28-25(21)39-17)26(35)32-8-7-31(16-20(32)15-23(34)30-9-11-38-12-10-30)41(36,37)24-13-18-3-4-19(27)14-22(18)40-24/h3-4,13-14,17,20,28H,5-12,15-16H2,1-2H3. The maximum atomic E-state index is 13.9. The smallest absolute Gasteiger partial charge is 0.339 e. The minimum atomic E-state index is -3.85. The van der Waals surface area contributed by atoms with E-state index in [2.05, 4.69) is 24.3 Å². The molecular weight excluding hydrogens is 608 g/mol. The SMILES string of the molecule is CC1SC2=C(CCN(C(=O)N3CCN(S(=O)(=O)c4cc5ccc(Cl)cc5s4)CC3CC(=O)N3CCOCC3)N2)N1C. The summed E-state index contributed by atoms with van der Waals surface area (Å²) in [6.45, 7) is 4.88. The van der Waals surface area contributed by atoms with E-state index >= 15 is 0 Å². The van der Waals surface area contributed by atoms with Gasteiger partial charge in [0.2, 0.25) is 5.91 Å². The Morgan fingerprint density at radius 1 is 1.12 bits per heavy atom. The molecular formula is C26H33ClN6O5S3. The molecule has 0 spiro atoms. The Hall–Kier alpha value is -2.23. The molecule has 5 heterocycles. The number of piperazine rings is 1. The highest BCUT2D eigenvalue weighted by atomic mass is 35.5. The van der Waals surface area contributed by atoms with Gasteiger partial charge >= 0.3 is 6.03 Å². The number of rotatable bonds is 4. The topological polar surface area (TPSA) is 106 Å². The Bertz CT molecular complexity index is 1490. The molecule has 1 N–H and O–H groups in total. The molecule has 1 aromatic heterocycles. The zero-order chi connectivity index (χ0) is 28.9. The predicted octanol–water partition coefficient (Wildman–Crippen LogP) is 3.00. The van der Waals surface area contributed by atoms with Gasteiger partial charge in [-0.15, -0.1) is 11.3 Å². The molecule has 4 aliphatic heterocycles. The van der Waals surface area contributed by atoms with E-state index in [0.717, 1.165) is 21.5 Å². The quantitative estimate of drug-likeness (QED) is 0.544. The van der Waals surface area contributed by atoms with Gasteiger partial charge in [0.15, 0.2) is 0 Å². The van der Waals surface area contributed by atoms with Crippen LogP contribution in [0.5, 0.6) is 0 Å². The van der Waals surface area contributed by atoms with Gasteiger partial charge < -0.3 is 19.4 Å². The third kappa shape index (κ3) is 5.62. The minimum absolute atomic E-state index is 0.0372. The Kier molecular flexibility index (Phi) is 8.07. The molecule has 1 aromatic carbocycles. The van der Waals surface area contributed by atoms with Crippen LogP contribution in [-0.2, 0) is 19.6 Å². The number of ether oxygens (including phenoxy) is 1. The highest BCUT2D eigenvalue weighted by Gasteiger charge is 2.41. The summed E-state index contributed by atoms with van der Waals surface area (Å²) in [6.07, 6.45) is 0.764. The number of thioether (sulfide) groups is 1. The van der Waals surface area contributed by atoms with Crippen LogP contribution in [0.3, 0.4) is 0 Å². The van der Waals surface area contributed by atoms with Gasteiger partial charge in [-0.05, 0) is 30.5 Å². The molecule has 0 saturated carbocycles. The summed E-state index contributed by atoms with van der Waals surface area (Å²) in [6, 6.07) is 6.11. The third-order valence-corrected chi connectivity index (χ3v) is 12.9. The van der Waals surface area contributed by atoms with E-state index in [1.807, 2.05) is 0 Å². The first-order valence-electron chi connectivity index (χ1n) is 13.6. The average Bonchev–Trinajstić information content (AvgIpc) is 3.53. The fourth-order valence-corrected chi connectivity index (χ4v) is 10.1. The molecule has 2 saturated heterocycles. The first kappa shape index (κ1) is 28.9. The molecule has 3 amide bonds. The number of carbonyl (C=O) groups is 2. The number of sulfonamides is 1. The van der Waals surface area contributed by atoms with Crippen molar-refractivity contribution in [2.75, 3.05) is 59.5 Å². The molecule has 15 heteroatoms. The normalized spacial score (nSPS) is 24.2. The van der Waals surface area contributed by atoms with Gasteiger partial charge in [0.25, 0.3) is 10.0 Å². The molecule has 0 bridgehead atoms. The van der Waals surface area contributed by atoms with Crippen LogP contribution in [0.2, 0.25) is 5.02 Å². The van der Waals surface area contributed by atoms with Crippen LogP contribution >= 0.6 is 34.7 Å². The molecule has 0 radical (unpaired) electrons. The van der Waals surface area contributed by atoms with Crippen molar-refractivity contribution >= 4 is 66.7 Å². The second-order valence-electron chi connectivity index (χ2n) is 10.6. The zero-order valence-corrected chi connectivity index (χ0v) is 26.1. The van der Waals surface area contributed by atoms with E-state index in [1.54, 1.807) is 50.8 Å². The molecule has 0 aliphatic carbocycles. The van der Waals surface area contributed by atoms with Crippen molar-refractivity contribution in [2.45, 2.75) is 35.4 Å². The van der Waals surface area contributed by atoms with Crippen LogP contribution < -0.4 is 5.43 Å². The first-order valence-corrected chi connectivity index (χ1v) is 17.2. The summed E-state index contributed by atoms with van der Waals surface area (Å²) in [5.41, 5.74) is 4.47. The molecule has 2 aromatic rings. The van der Waals surface area contributed by atoms with Crippen molar-refractivity contribution in [3.8, 4) is 0 Å². The number of fused-ring (bicyclic) bond motifs is 1. The van der Waals surface area contributed by atoms with Crippen LogP contribution in [0.25, 0.3) is 10.1 Å². The van der Waals surface area contributed by atoms with Crippen LogP contribution in [-0.4, -0.2) is 115 Å². The van der Waals surface area contributed by atoms with Crippen molar-refractivity contribution in [3.63, 3.8) is 0 Å². The summed E-state index contributed by atoms with van der Waals surface area (Å²) < 4.78 is 35.4. The monoisotopic (exact) mass is 640 g/mol. The van der Waals surface area contributed by atoms with Gasteiger partial charge in [0, 0.05) is 74.6 Å². The number of urea groups is 1. The van der Waals surface area contributed by atoms with Crippen molar-refractivity contribution in [1.82, 2.24) is 29.4 Å². The second kappa shape index (κ2) is 11.5. The molecule has 4 aliphatic rings. The summed E-state index contributed by atoms with van der Waals surface area (Å²) in [7, 11) is -1.80. The van der Waals surface area contributed by atoms with Gasteiger partial charge in [-0.1, -0.05) is 29.4 Å². The number of carbonyl (C=O) groups excluding carboxylic acids is 2. The first-order chi connectivity index (χ1) is 19.6. The van der Waals surface area contributed by atoms with E-state index in [4.69, 9.17) is 16.3 Å². The number of morpholine rings is 1. The van der Waals surface area contributed by atoms with Crippen molar-refractivity contribution < 1.29 is 22.7 Å². The fraction of sp³-hybridized carbons (Fsp3) is 0.538. The molecule has 41 heavy (non-hydrogen) atoms. The van der Waals surface area contributed by atoms with Crippen LogP contribution in [0.4, 0.5) is 4.79 Å². The highest BCUT2D eigenvalue weighted by Crippen LogP contribution is 2.39. The summed E-state index contributed by atoms with van der Waals surface area (Å²) in [5, 5.41) is 4.19. The number of hydrazine groups is 1. The molecule has 2 fully saturated rings. The van der Waals surface area contributed by atoms with Crippen LogP contribution in [0.1, 0.15) is 19.8 Å². The molecule has 2 unspecified atom stereocenters. The van der Waals surface area contributed by atoms with Crippen molar-refractivity contribution in [1.29, 1.82) is 0 Å². The predicted molar refractivity (Wildman–Crippen MR) is 160 cm³/mol. The van der Waals surface area contributed by atoms with E-state index in [-0.39, 0.29) is 47.6 Å². The van der Waals surface area contributed by atoms with E-state index in [9.17, 15) is 18.0 Å². The lowest BCUT2D eigenvalue weighted by atomic mass is 10.1. The third-order valence-electron chi connectivity index (χ3n) is 8.08. The number of benzene rings is 1. The van der Waals surface area contributed by atoms with E-state index in [0.29, 0.717) is 37.9 Å². The number of hydrogen-bond donors (Lipinski definition) is 1. The van der Waals surface area contributed by atoms with Gasteiger partial charge in [-0.2, -0.15) is 4.31 Å². The van der Waals surface area contributed by atoms with Gasteiger partial charge in [0.1, 0.15) is 9.24 Å². The molecule has 11 nitrogen and oxygen atoms in total. The maximum absolute atomic E-state index is 13.9. The maximum Gasteiger partial charge on any atom is 0.339 e. The fourth-order valence-electron chi connectivity index (χ4n) is 5.62. The van der Waals surface area contributed by atoms with E-state index < -0.39 is 16.1 Å². The number of amides is 3. The average molecular weight is 641 g/mol. The summed E-state index contributed by atoms with van der Waals surface area (Å²) in [5.74, 6) is -0.106. The number of nitrogens with zero attached hydrogens (tertiary/aromatic N) is 5. The lowest BCUT2D eigenvalue weighted by Gasteiger charge is -2.43. The molecule has 6 rings (SSSR count). The lowest BCUT2D eigenvalue weighted by molar-refractivity contribution is -0.136. The van der Waals surface area contributed by atoms with Gasteiger partial charge in [-0.25, -0.2) is 18.2 Å². The number of halogens is 1. The van der Waals surface area contributed by atoms with Crippen molar-refractivity contribution in [3.05, 3.63) is 40.0 Å². The largest absolute Gasteiger partial charge is 0.378 e. The number of hydrogen-bond acceptors (Lipinski definition) is 9. The van der Waals surface area contributed by atoms with E-state index in [1.165, 1.54) is 21.3 Å². The summed E-state index contributed by atoms with van der Waals surface area (Å²) >= 11 is 8.98. The Balaban J connectivity index is 1.23. The number of thiophene rings is 1. The number of nitrogens with one attached hydrogen (secondary N) is 1. The Labute approximate surface area is 253 Å². The van der Waals surface area contributed by atoms with Crippen LogP contribution in [0.15, 0.2) is 39.2 Å². The van der Waals surface area contributed by atoms with Crippen LogP contribution in [0, 0.1) is 0 Å². The summed E-state index contributed by atoms with van der Waals surface area (Å²) in [4.78, 5) is 32.8. The van der Waals surface area contributed by atoms with Gasteiger partial charge in [0.05, 0.1) is 24.6 Å².